The molecule has 0 aromatic carbocycles. The van der Waals surface area contributed by atoms with Gasteiger partial charge in [0.2, 0.25) is 0 Å². The topological polar surface area (TPSA) is 78.1 Å². The van der Waals surface area contributed by atoms with Crippen molar-refractivity contribution in [1.82, 2.24) is 0 Å². The molecule has 11 heavy (non-hydrogen) atoms. The highest BCUT2D eigenvalue weighted by Gasteiger charge is 1.75. The lowest BCUT2D eigenvalue weighted by Crippen LogP contribution is -2.22. The summed E-state index contributed by atoms with van der Waals surface area (Å²) in [4.78, 5) is 0. The number of pyridine rings is 1. The molecule has 0 aliphatic carbocycles. The highest BCUT2D eigenvalue weighted by molar-refractivity contribution is 7.59. The van der Waals surface area contributed by atoms with Gasteiger partial charge in [-0.15, -0.1) is 12.6 Å². The van der Waals surface area contributed by atoms with Crippen molar-refractivity contribution in [3.8, 4) is 0 Å². The molecule has 0 fully saturated rings. The quantitative estimate of drug-likeness (QED) is 0.386. The van der Waals surface area contributed by atoms with Gasteiger partial charge in [-0.2, -0.15) is 4.73 Å². The average molecular weight is 175 g/mol. The maximum atomic E-state index is 10.2. The Bertz CT molecular complexity index is 285. The van der Waals surface area contributed by atoms with Crippen LogP contribution in [0, 0.1) is 5.21 Å². The second-order valence-electron chi connectivity index (χ2n) is 1.44. The summed E-state index contributed by atoms with van der Waals surface area (Å²) < 4.78 is 26.1. The van der Waals surface area contributed by atoms with Crippen LogP contribution in [0.25, 0.3) is 0 Å². The summed E-state index contributed by atoms with van der Waals surface area (Å²) in [6.07, 6.45) is 2.89. The predicted molar refractivity (Wildman–Crippen MR) is 35.1 cm³/mol. The summed E-state index contributed by atoms with van der Waals surface area (Å²) in [5, 5.41) is 10.2. The van der Waals surface area contributed by atoms with E-state index in [2.05, 4.69) is 0 Å². The Kier molecular flexibility index (Phi) is 4.67. The Morgan fingerprint density at radius 2 is 1.36 bits per heavy atom. The molecule has 1 heterocycles. The van der Waals surface area contributed by atoms with E-state index in [0.717, 1.165) is 4.73 Å². The van der Waals surface area contributed by atoms with Crippen LogP contribution in [0.4, 0.5) is 0 Å². The van der Waals surface area contributed by atoms with E-state index in [9.17, 15) is 5.21 Å². The van der Waals surface area contributed by atoms with Gasteiger partial charge in [-0.25, -0.2) is 0 Å². The SMILES string of the molecule is O=S(=O)=O.[O-][n+]1ccccc1. The summed E-state index contributed by atoms with van der Waals surface area (Å²) in [5.74, 6) is 0. The van der Waals surface area contributed by atoms with Gasteiger partial charge in [0, 0.05) is 12.1 Å². The molecular formula is C5H5NO4S. The van der Waals surface area contributed by atoms with Crippen LogP contribution in [-0.4, -0.2) is 12.6 Å². The predicted octanol–water partition coefficient (Wildman–Crippen LogP) is -0.684. The Morgan fingerprint density at radius 1 is 1.00 bits per heavy atom. The minimum atomic E-state index is -3.11. The molecule has 60 valence electrons. The molecular weight excluding hydrogens is 170 g/mol. The van der Waals surface area contributed by atoms with Crippen LogP contribution in [-0.2, 0) is 10.6 Å². The van der Waals surface area contributed by atoms with Crippen LogP contribution in [0.3, 0.4) is 0 Å². The lowest BCUT2D eigenvalue weighted by atomic mass is 10.5. The van der Waals surface area contributed by atoms with Gasteiger partial charge in [-0.1, -0.05) is 6.07 Å². The standard InChI is InChI=1S/C5H5NO.O3S/c7-6-4-2-1-3-5-6;1-4(2)3/h1-5H;. The molecule has 0 unspecified atom stereocenters. The maximum Gasteiger partial charge on any atom is 0.425 e. The van der Waals surface area contributed by atoms with Crippen LogP contribution in [0.1, 0.15) is 0 Å². The number of nitrogens with zero attached hydrogens (tertiary/aromatic N) is 1. The van der Waals surface area contributed by atoms with Crippen molar-refractivity contribution < 1.29 is 17.4 Å². The Hall–Kier alpha value is -1.43. The van der Waals surface area contributed by atoms with Gasteiger partial charge < -0.3 is 5.21 Å². The molecule has 0 saturated carbocycles. The van der Waals surface area contributed by atoms with Crippen LogP contribution >= 0.6 is 0 Å². The van der Waals surface area contributed by atoms with Crippen molar-refractivity contribution in [2.45, 2.75) is 0 Å². The Balaban J connectivity index is 0.000000218. The molecule has 1 aromatic rings. The summed E-state index contributed by atoms with van der Waals surface area (Å²) in [7, 11) is -3.11. The molecule has 0 amide bonds. The molecule has 0 aliphatic heterocycles. The molecule has 0 radical (unpaired) electrons. The van der Waals surface area contributed by atoms with E-state index in [1.165, 1.54) is 12.4 Å². The smallest absolute Gasteiger partial charge is 0.425 e. The normalized spacial score (nSPS) is 7.64. The van der Waals surface area contributed by atoms with E-state index < -0.39 is 10.6 Å². The van der Waals surface area contributed by atoms with Crippen LogP contribution in [0.2, 0.25) is 0 Å². The lowest BCUT2D eigenvalue weighted by molar-refractivity contribution is -0.605. The fourth-order valence-corrected chi connectivity index (χ4v) is 0.383. The molecule has 0 spiro atoms. The van der Waals surface area contributed by atoms with Gasteiger partial charge in [0.25, 0.3) is 0 Å². The first-order chi connectivity index (χ1) is 5.13. The molecule has 0 aliphatic rings. The van der Waals surface area contributed by atoms with Crippen LogP contribution in [0.5, 0.6) is 0 Å². The third-order valence-electron chi connectivity index (χ3n) is 0.688. The van der Waals surface area contributed by atoms with E-state index in [1.54, 1.807) is 18.2 Å². The van der Waals surface area contributed by atoms with Crippen molar-refractivity contribution in [3.05, 3.63) is 35.8 Å². The van der Waals surface area contributed by atoms with Crippen LogP contribution in [0.15, 0.2) is 30.6 Å². The average Bonchev–Trinajstić information content (AvgIpc) is 1.87. The number of hydrogen-bond donors (Lipinski definition) is 0. The molecule has 0 bridgehead atoms. The van der Waals surface area contributed by atoms with Crippen molar-refractivity contribution in [2.24, 2.45) is 0 Å². The van der Waals surface area contributed by atoms with Crippen molar-refractivity contribution >= 4 is 10.6 Å². The van der Waals surface area contributed by atoms with E-state index in [1.807, 2.05) is 0 Å². The van der Waals surface area contributed by atoms with Gasteiger partial charge in [0.05, 0.1) is 0 Å². The number of hydrogen-bond acceptors (Lipinski definition) is 4. The maximum absolute atomic E-state index is 10.2. The zero-order valence-corrected chi connectivity index (χ0v) is 6.19. The first kappa shape index (κ1) is 9.57. The van der Waals surface area contributed by atoms with Crippen LogP contribution < -0.4 is 4.73 Å². The Morgan fingerprint density at radius 3 is 1.55 bits per heavy atom. The minimum absolute atomic E-state index is 0.750. The van der Waals surface area contributed by atoms with Gasteiger partial charge >= 0.3 is 10.6 Å². The highest BCUT2D eigenvalue weighted by atomic mass is 32.2. The first-order valence-corrected chi connectivity index (χ1v) is 3.53. The molecule has 5 nitrogen and oxygen atoms in total. The third-order valence-corrected chi connectivity index (χ3v) is 0.688. The largest absolute Gasteiger partial charge is 0.619 e. The van der Waals surface area contributed by atoms with E-state index in [4.69, 9.17) is 12.6 Å². The second-order valence-corrected chi connectivity index (χ2v) is 1.85. The van der Waals surface area contributed by atoms with E-state index in [0.29, 0.717) is 0 Å². The molecule has 6 heteroatoms. The molecule has 0 atom stereocenters. The monoisotopic (exact) mass is 175 g/mol. The molecule has 1 rings (SSSR count). The van der Waals surface area contributed by atoms with Gasteiger partial charge in [0.1, 0.15) is 0 Å². The number of aromatic nitrogens is 1. The lowest BCUT2D eigenvalue weighted by Gasteiger charge is -1.88. The van der Waals surface area contributed by atoms with Crippen molar-refractivity contribution in [3.63, 3.8) is 0 Å². The van der Waals surface area contributed by atoms with E-state index >= 15 is 0 Å². The van der Waals surface area contributed by atoms with Crippen molar-refractivity contribution in [2.75, 3.05) is 0 Å². The molecule has 1 aromatic heterocycles. The molecule has 0 N–H and O–H groups in total. The highest BCUT2D eigenvalue weighted by Crippen LogP contribution is 1.72. The summed E-state index contributed by atoms with van der Waals surface area (Å²) in [6.45, 7) is 0. The van der Waals surface area contributed by atoms with Crippen molar-refractivity contribution in [1.29, 1.82) is 0 Å². The number of rotatable bonds is 0. The first-order valence-electron chi connectivity index (χ1n) is 2.53. The summed E-state index contributed by atoms with van der Waals surface area (Å²) in [5.41, 5.74) is 0. The molecule has 0 saturated heterocycles. The summed E-state index contributed by atoms with van der Waals surface area (Å²) in [6, 6.07) is 5.18. The Labute approximate surface area is 64.6 Å². The third kappa shape index (κ3) is 8.57. The second kappa shape index (κ2) is 5.36. The fourth-order valence-electron chi connectivity index (χ4n) is 0.383. The van der Waals surface area contributed by atoms with Gasteiger partial charge in [0.15, 0.2) is 12.4 Å². The van der Waals surface area contributed by atoms with E-state index in [-0.39, 0.29) is 0 Å². The zero-order chi connectivity index (χ0) is 8.69. The van der Waals surface area contributed by atoms with Gasteiger partial charge in [-0.3, -0.25) is 0 Å². The minimum Gasteiger partial charge on any atom is -0.619 e. The summed E-state index contributed by atoms with van der Waals surface area (Å²) >= 11 is 0. The fraction of sp³-hybridized carbons (Fsp3) is 0. The zero-order valence-electron chi connectivity index (χ0n) is 5.38. The van der Waals surface area contributed by atoms with Gasteiger partial charge in [-0.05, 0) is 0 Å².